The molecule has 0 aromatic heterocycles. The maximum atomic E-state index is 11.3. The molecule has 0 spiro atoms. The number of ether oxygens (including phenoxy) is 3. The highest BCUT2D eigenvalue weighted by Crippen LogP contribution is 2.03. The summed E-state index contributed by atoms with van der Waals surface area (Å²) in [6.07, 6.45) is 0.422. The molecule has 0 bridgehead atoms. The molecule has 0 aliphatic rings. The molecule has 2 atom stereocenters. The van der Waals surface area contributed by atoms with E-state index in [1.807, 2.05) is 6.92 Å². The van der Waals surface area contributed by atoms with Crippen LogP contribution in [-0.2, 0) is 28.6 Å². The minimum Gasteiger partial charge on any atom is -0.465 e. The fourth-order valence-corrected chi connectivity index (χ4v) is 1.09. The fourth-order valence-electron chi connectivity index (χ4n) is 1.09. The predicted molar refractivity (Wildman–Crippen MR) is 73.2 cm³/mol. The summed E-state index contributed by atoms with van der Waals surface area (Å²) in [6, 6.07) is 0. The van der Waals surface area contributed by atoms with Gasteiger partial charge in [0.25, 0.3) is 0 Å². The van der Waals surface area contributed by atoms with Gasteiger partial charge in [0.1, 0.15) is 25.9 Å². The fraction of sp³-hybridized carbons (Fsp3) is 0.643. The number of rotatable bonds is 10. The molecule has 0 saturated carbocycles. The van der Waals surface area contributed by atoms with Gasteiger partial charge in [-0.2, -0.15) is 0 Å². The van der Waals surface area contributed by atoms with Crippen molar-refractivity contribution < 1.29 is 33.7 Å². The van der Waals surface area contributed by atoms with Crippen LogP contribution in [0.25, 0.3) is 0 Å². The van der Waals surface area contributed by atoms with Gasteiger partial charge in [-0.15, -0.1) is 0 Å². The van der Waals surface area contributed by atoms with E-state index in [4.69, 9.17) is 9.47 Å². The maximum absolute atomic E-state index is 11.3. The van der Waals surface area contributed by atoms with E-state index in [0.29, 0.717) is 6.42 Å². The van der Waals surface area contributed by atoms with Crippen LogP contribution in [0.5, 0.6) is 0 Å². The first-order chi connectivity index (χ1) is 9.90. The van der Waals surface area contributed by atoms with Crippen molar-refractivity contribution in [3.05, 3.63) is 12.7 Å². The van der Waals surface area contributed by atoms with Crippen LogP contribution in [0.2, 0.25) is 0 Å². The van der Waals surface area contributed by atoms with Crippen LogP contribution in [0, 0.1) is 5.92 Å². The molecule has 2 unspecified atom stereocenters. The zero-order chi connectivity index (χ0) is 16.3. The number of esters is 3. The van der Waals surface area contributed by atoms with E-state index < -0.39 is 18.0 Å². The first-order valence-electron chi connectivity index (χ1n) is 6.70. The molecule has 7 nitrogen and oxygen atoms in total. The Morgan fingerprint density at radius 2 is 1.81 bits per heavy atom. The highest BCUT2D eigenvalue weighted by molar-refractivity contribution is 5.81. The van der Waals surface area contributed by atoms with Crippen LogP contribution >= 0.6 is 0 Å². The summed E-state index contributed by atoms with van der Waals surface area (Å²) in [5.74, 6) is -1.84. The molecular weight excluding hydrogens is 280 g/mol. The zero-order valence-electron chi connectivity index (χ0n) is 12.4. The molecule has 0 saturated heterocycles. The molecule has 120 valence electrons. The number of aliphatic hydroxyl groups excluding tert-OH is 1. The van der Waals surface area contributed by atoms with Crippen LogP contribution in [-0.4, -0.2) is 48.9 Å². The number of carbonyl (C=O) groups is 3. The quantitative estimate of drug-likeness (QED) is 0.358. The van der Waals surface area contributed by atoms with Gasteiger partial charge < -0.3 is 19.3 Å². The van der Waals surface area contributed by atoms with Gasteiger partial charge in [-0.05, 0) is 6.42 Å². The van der Waals surface area contributed by atoms with Gasteiger partial charge in [-0.3, -0.25) is 9.59 Å². The Kier molecular flexibility index (Phi) is 9.87. The maximum Gasteiger partial charge on any atom is 0.330 e. The Balaban J connectivity index is 3.73. The molecule has 0 radical (unpaired) electrons. The van der Waals surface area contributed by atoms with Crippen molar-refractivity contribution in [2.24, 2.45) is 5.92 Å². The van der Waals surface area contributed by atoms with Gasteiger partial charge in [0.15, 0.2) is 0 Å². The minimum absolute atomic E-state index is 0.0659. The standard InChI is InChI=1S/C14H22O7/c1-4-10(3)14(18)19-7-6-13(17)21-9-11(15)8-20-12(16)5-2/h5,10-11,15H,2,4,6-9H2,1,3H3. The lowest BCUT2D eigenvalue weighted by atomic mass is 10.1. The van der Waals surface area contributed by atoms with E-state index in [2.05, 4.69) is 11.3 Å². The third-order valence-corrected chi connectivity index (χ3v) is 2.59. The average molecular weight is 302 g/mol. The topological polar surface area (TPSA) is 99.1 Å². The third-order valence-electron chi connectivity index (χ3n) is 2.59. The molecular formula is C14H22O7. The van der Waals surface area contributed by atoms with Crippen LogP contribution < -0.4 is 0 Å². The number of aliphatic hydroxyl groups is 1. The molecule has 0 heterocycles. The summed E-state index contributed by atoms with van der Waals surface area (Å²) >= 11 is 0. The Labute approximate surface area is 123 Å². The zero-order valence-corrected chi connectivity index (χ0v) is 12.4. The third kappa shape index (κ3) is 9.61. The molecule has 0 aliphatic carbocycles. The molecule has 0 aromatic carbocycles. The van der Waals surface area contributed by atoms with E-state index in [1.54, 1.807) is 6.92 Å². The molecule has 0 aromatic rings. The first-order valence-corrected chi connectivity index (χ1v) is 6.70. The second-order valence-corrected chi connectivity index (χ2v) is 4.40. The normalized spacial score (nSPS) is 12.9. The van der Waals surface area contributed by atoms with Crippen molar-refractivity contribution in [1.29, 1.82) is 0 Å². The van der Waals surface area contributed by atoms with E-state index in [1.165, 1.54) is 0 Å². The van der Waals surface area contributed by atoms with Crippen molar-refractivity contribution in [2.45, 2.75) is 32.8 Å². The van der Waals surface area contributed by atoms with Crippen LogP contribution in [0.3, 0.4) is 0 Å². The largest absolute Gasteiger partial charge is 0.465 e. The van der Waals surface area contributed by atoms with Gasteiger partial charge in [0.2, 0.25) is 0 Å². The summed E-state index contributed by atoms with van der Waals surface area (Å²) in [4.78, 5) is 33.4. The van der Waals surface area contributed by atoms with Gasteiger partial charge in [-0.25, -0.2) is 4.79 Å². The lowest BCUT2D eigenvalue weighted by molar-refractivity contribution is -0.154. The SMILES string of the molecule is C=CC(=O)OCC(O)COC(=O)CCOC(=O)C(C)CC. The molecule has 0 rings (SSSR count). The summed E-state index contributed by atoms with van der Waals surface area (Å²) < 4.78 is 14.2. The Morgan fingerprint density at radius 1 is 1.19 bits per heavy atom. The highest BCUT2D eigenvalue weighted by atomic mass is 16.6. The van der Waals surface area contributed by atoms with Crippen molar-refractivity contribution >= 4 is 17.9 Å². The van der Waals surface area contributed by atoms with Gasteiger partial charge >= 0.3 is 17.9 Å². The van der Waals surface area contributed by atoms with Gasteiger partial charge in [0.05, 0.1) is 12.3 Å². The van der Waals surface area contributed by atoms with Crippen molar-refractivity contribution in [2.75, 3.05) is 19.8 Å². The average Bonchev–Trinajstić information content (AvgIpc) is 2.49. The molecule has 0 fully saturated rings. The molecule has 21 heavy (non-hydrogen) atoms. The predicted octanol–water partition coefficient (Wildman–Crippen LogP) is 0.599. The Bertz CT molecular complexity index is 364. The van der Waals surface area contributed by atoms with Crippen LogP contribution in [0.1, 0.15) is 26.7 Å². The molecule has 7 heteroatoms. The molecule has 1 N–H and O–H groups in total. The lowest BCUT2D eigenvalue weighted by Crippen LogP contribution is -2.25. The Hall–Kier alpha value is -1.89. The van der Waals surface area contributed by atoms with Gasteiger partial charge in [0, 0.05) is 6.08 Å². The lowest BCUT2D eigenvalue weighted by Gasteiger charge is -2.12. The Morgan fingerprint density at radius 3 is 2.38 bits per heavy atom. The molecule has 0 aliphatic heterocycles. The van der Waals surface area contributed by atoms with E-state index >= 15 is 0 Å². The highest BCUT2D eigenvalue weighted by Gasteiger charge is 2.14. The summed E-state index contributed by atoms with van der Waals surface area (Å²) in [7, 11) is 0. The first kappa shape index (κ1) is 19.1. The van der Waals surface area contributed by atoms with Crippen molar-refractivity contribution in [1.82, 2.24) is 0 Å². The number of hydrogen-bond acceptors (Lipinski definition) is 7. The number of carbonyl (C=O) groups excluding carboxylic acids is 3. The second kappa shape index (κ2) is 10.8. The van der Waals surface area contributed by atoms with E-state index in [0.717, 1.165) is 6.08 Å². The summed E-state index contributed by atoms with van der Waals surface area (Å²) in [5.41, 5.74) is 0. The minimum atomic E-state index is -1.11. The second-order valence-electron chi connectivity index (χ2n) is 4.40. The number of hydrogen-bond donors (Lipinski definition) is 1. The molecule has 0 amide bonds. The smallest absolute Gasteiger partial charge is 0.330 e. The summed E-state index contributed by atoms with van der Waals surface area (Å²) in [5, 5.41) is 9.39. The van der Waals surface area contributed by atoms with E-state index in [9.17, 15) is 19.5 Å². The van der Waals surface area contributed by atoms with Crippen molar-refractivity contribution in [3.8, 4) is 0 Å². The monoisotopic (exact) mass is 302 g/mol. The van der Waals surface area contributed by atoms with Crippen LogP contribution in [0.4, 0.5) is 0 Å². The van der Waals surface area contributed by atoms with Gasteiger partial charge in [-0.1, -0.05) is 20.4 Å². The van der Waals surface area contributed by atoms with Crippen molar-refractivity contribution in [3.63, 3.8) is 0 Å². The van der Waals surface area contributed by atoms with Crippen LogP contribution in [0.15, 0.2) is 12.7 Å². The van der Waals surface area contributed by atoms with E-state index in [-0.39, 0.29) is 38.1 Å². The summed E-state index contributed by atoms with van der Waals surface area (Å²) in [6.45, 7) is 6.14.